The number of aromatic nitrogens is 3. The number of primary sulfonamides is 1. The fourth-order valence-corrected chi connectivity index (χ4v) is 5.98. The molecule has 3 N–H and O–H groups in total. The lowest BCUT2D eigenvalue weighted by atomic mass is 10.0. The van der Waals surface area contributed by atoms with E-state index in [2.05, 4.69) is 39.2 Å². The maximum Gasteiger partial charge on any atom is 0.267 e. The molecule has 0 aliphatic carbocycles. The number of hydrogen-bond acceptors (Lipinski definition) is 10. The van der Waals surface area contributed by atoms with Crippen molar-refractivity contribution in [2.75, 3.05) is 4.72 Å². The Bertz CT molecular complexity index is 1570. The first kappa shape index (κ1) is 28.5. The third kappa shape index (κ3) is 7.50. The van der Waals surface area contributed by atoms with Gasteiger partial charge in [-0.2, -0.15) is 4.57 Å². The first-order valence-corrected chi connectivity index (χ1v) is 14.9. The second-order valence-corrected chi connectivity index (χ2v) is 12.2. The second kappa shape index (κ2) is 11.6. The van der Waals surface area contributed by atoms with Crippen molar-refractivity contribution in [1.29, 1.82) is 0 Å². The second-order valence-electron chi connectivity index (χ2n) is 7.43. The molecule has 0 fully saturated rings. The lowest BCUT2D eigenvalue weighted by molar-refractivity contribution is -1.73. The summed E-state index contributed by atoms with van der Waals surface area (Å²) in [5.41, 5.74) is 5.00. The minimum atomic E-state index is -4.06. The Morgan fingerprint density at radius 2 is 1.41 bits per heavy atom. The van der Waals surface area contributed by atoms with Gasteiger partial charge in [0.15, 0.2) is 11.4 Å². The lowest BCUT2D eigenvalue weighted by Crippen LogP contribution is -2.42. The van der Waals surface area contributed by atoms with Crippen molar-refractivity contribution in [2.24, 2.45) is 5.14 Å². The van der Waals surface area contributed by atoms with Crippen LogP contribution < -0.4 is 28.4 Å². The third-order valence-electron chi connectivity index (χ3n) is 4.82. The minimum absolute atomic E-state index is 0.00424. The maximum atomic E-state index is 12.7. The number of nitrogens with zero attached hydrogens (tertiary/aromatic N) is 3. The summed E-state index contributed by atoms with van der Waals surface area (Å²) < 4.78 is 77.0. The number of nitrogens with two attached hydrogens (primary N) is 1. The number of pyridine rings is 1. The molecular weight excluding hydrogens is 566 g/mol. The number of hydrogen-bond donors (Lipinski definition) is 2. The fourth-order valence-electron chi connectivity index (χ4n) is 3.42. The first-order valence-electron chi connectivity index (χ1n) is 10.1. The van der Waals surface area contributed by atoms with Crippen LogP contribution in [-0.2, 0) is 20.0 Å². The molecule has 0 amide bonds. The van der Waals surface area contributed by atoms with Crippen LogP contribution in [0.5, 0.6) is 0 Å². The zero-order valence-electron chi connectivity index (χ0n) is 19.2. The SMILES string of the molecule is Cc1cc(-c2ccccc2)cc(C)[n+]1-c1ccc(S(=O)(=O)Nc2nnc(S(N)(=O)=O)s2)cc1.[O-][Cl+2]([O-])[O-]. The summed E-state index contributed by atoms with van der Waals surface area (Å²) in [5, 5.41) is 11.7. The molecule has 0 saturated carbocycles. The van der Waals surface area contributed by atoms with E-state index in [9.17, 15) is 16.8 Å². The van der Waals surface area contributed by atoms with Gasteiger partial charge in [-0.05, 0) is 23.3 Å². The summed E-state index contributed by atoms with van der Waals surface area (Å²) >= 11 is 0.535. The molecule has 0 aliphatic rings. The Hall–Kier alpha value is -3.02. The van der Waals surface area contributed by atoms with Gasteiger partial charge in [-0.25, -0.2) is 22.0 Å². The van der Waals surface area contributed by atoms with Crippen molar-refractivity contribution in [1.82, 2.24) is 10.2 Å². The average molecular weight is 586 g/mol. The molecule has 2 aromatic carbocycles. The molecule has 37 heavy (non-hydrogen) atoms. The van der Waals surface area contributed by atoms with E-state index in [0.717, 1.165) is 28.2 Å². The summed E-state index contributed by atoms with van der Waals surface area (Å²) in [6.07, 6.45) is 0. The lowest BCUT2D eigenvalue weighted by Gasteiger charge is -2.08. The zero-order chi connectivity index (χ0) is 27.4. The van der Waals surface area contributed by atoms with Gasteiger partial charge in [-0.1, -0.05) is 41.7 Å². The molecule has 0 atom stereocenters. The van der Waals surface area contributed by atoms with Crippen molar-refractivity contribution < 1.29 is 46.2 Å². The highest BCUT2D eigenvalue weighted by Crippen LogP contribution is 2.23. The van der Waals surface area contributed by atoms with E-state index in [-0.39, 0.29) is 10.0 Å². The molecule has 0 saturated heterocycles. The van der Waals surface area contributed by atoms with Gasteiger partial charge in [0, 0.05) is 38.1 Å². The van der Waals surface area contributed by atoms with Crippen LogP contribution in [0.3, 0.4) is 0 Å². The number of benzene rings is 2. The Morgan fingerprint density at radius 1 is 0.865 bits per heavy atom. The molecule has 0 bridgehead atoms. The topological polar surface area (TPSA) is 205 Å². The molecule has 2 aromatic heterocycles. The van der Waals surface area contributed by atoms with Crippen molar-refractivity contribution >= 4 is 36.5 Å². The number of rotatable bonds is 6. The summed E-state index contributed by atoms with van der Waals surface area (Å²) in [6.45, 7) is 3.98. The highest BCUT2D eigenvalue weighted by Gasteiger charge is 2.22. The Kier molecular flexibility index (Phi) is 8.93. The predicted octanol–water partition coefficient (Wildman–Crippen LogP) is -1.02. The van der Waals surface area contributed by atoms with Gasteiger partial charge < -0.3 is 14.0 Å². The van der Waals surface area contributed by atoms with Gasteiger partial charge in [0.05, 0.1) is 15.7 Å². The van der Waals surface area contributed by atoms with Crippen LogP contribution in [0.4, 0.5) is 5.13 Å². The quantitative estimate of drug-likeness (QED) is 0.265. The molecular formula is C21H20ClN5O7S3. The highest BCUT2D eigenvalue weighted by atomic mass is 35.6. The van der Waals surface area contributed by atoms with Gasteiger partial charge in [-0.3, -0.25) is 4.72 Å². The van der Waals surface area contributed by atoms with Crippen LogP contribution in [0.25, 0.3) is 16.8 Å². The van der Waals surface area contributed by atoms with E-state index >= 15 is 0 Å². The molecule has 0 spiro atoms. The zero-order valence-corrected chi connectivity index (χ0v) is 22.4. The van der Waals surface area contributed by atoms with E-state index in [0.29, 0.717) is 11.3 Å². The van der Waals surface area contributed by atoms with Crippen LogP contribution in [0, 0.1) is 24.6 Å². The van der Waals surface area contributed by atoms with Crippen LogP contribution in [-0.4, -0.2) is 27.0 Å². The molecule has 0 radical (unpaired) electrons. The number of aryl methyl sites for hydroxylation is 2. The summed E-state index contributed by atoms with van der Waals surface area (Å²) in [4.78, 5) is -0.00424. The first-order chi connectivity index (χ1) is 17.3. The van der Waals surface area contributed by atoms with Crippen molar-refractivity contribution in [3.05, 3.63) is 78.1 Å². The fraction of sp³-hybridized carbons (Fsp3) is 0.0952. The Morgan fingerprint density at radius 3 is 1.89 bits per heavy atom. The van der Waals surface area contributed by atoms with Crippen LogP contribution >= 0.6 is 11.3 Å². The van der Waals surface area contributed by atoms with Crippen LogP contribution in [0.1, 0.15) is 11.4 Å². The van der Waals surface area contributed by atoms with Crippen molar-refractivity contribution in [3.63, 3.8) is 0 Å². The smallest absolute Gasteiger partial charge is 0.267 e. The van der Waals surface area contributed by atoms with E-state index in [1.54, 1.807) is 12.1 Å². The van der Waals surface area contributed by atoms with E-state index in [1.807, 2.05) is 36.6 Å². The van der Waals surface area contributed by atoms with E-state index in [1.165, 1.54) is 12.1 Å². The van der Waals surface area contributed by atoms with E-state index in [4.69, 9.17) is 19.1 Å². The standard InChI is InChI=1S/C21H20N5O4S3.ClO3/c1-14-12-17(16-6-4-3-5-7-16)13-15(2)26(14)18-8-10-19(11-9-18)33(29,30)25-20-23-24-21(31-20)32(22,27)28;2-1(3)4/h3-13H,1-2H3,(H,23,25)(H2,22,27,28);/q+1;-1. The molecule has 4 rings (SSSR count). The largest absolute Gasteiger partial charge is 0.357 e. The predicted molar refractivity (Wildman–Crippen MR) is 125 cm³/mol. The number of anilines is 1. The Labute approximate surface area is 220 Å². The van der Waals surface area contributed by atoms with Crippen molar-refractivity contribution in [3.8, 4) is 16.8 Å². The molecule has 2 heterocycles. The summed E-state index contributed by atoms with van der Waals surface area (Å²) in [5.74, 6) is 0. The van der Waals surface area contributed by atoms with Crippen LogP contribution in [0.2, 0.25) is 0 Å². The van der Waals surface area contributed by atoms with Gasteiger partial charge in [-0.15, -0.1) is 10.2 Å². The van der Waals surface area contributed by atoms with E-state index < -0.39 is 35.2 Å². The molecule has 0 aliphatic heterocycles. The number of nitrogens with one attached hydrogen (secondary N) is 1. The molecule has 16 heteroatoms. The number of halogens is 1. The summed E-state index contributed by atoms with van der Waals surface area (Å²) in [7, 11) is -10.9. The van der Waals surface area contributed by atoms with Gasteiger partial charge in [0.2, 0.25) is 15.2 Å². The van der Waals surface area contributed by atoms with Crippen molar-refractivity contribution in [2.45, 2.75) is 23.1 Å². The molecule has 12 nitrogen and oxygen atoms in total. The monoisotopic (exact) mass is 585 g/mol. The molecule has 0 unspecified atom stereocenters. The average Bonchev–Trinajstić information content (AvgIpc) is 3.28. The van der Waals surface area contributed by atoms with Gasteiger partial charge in [0.1, 0.15) is 0 Å². The third-order valence-corrected chi connectivity index (χ3v) is 8.45. The minimum Gasteiger partial charge on any atom is -0.357 e. The highest BCUT2D eigenvalue weighted by molar-refractivity contribution is 7.93. The summed E-state index contributed by atoms with van der Waals surface area (Å²) in [6, 6.07) is 20.6. The van der Waals surface area contributed by atoms with Crippen LogP contribution in [0.15, 0.2) is 76.0 Å². The normalized spacial score (nSPS) is 11.6. The number of sulfonamides is 2. The molecule has 196 valence electrons. The molecule has 4 aromatic rings. The maximum absolute atomic E-state index is 12.7. The Balaban J connectivity index is 0.000000886. The van der Waals surface area contributed by atoms with Gasteiger partial charge in [0.25, 0.3) is 20.0 Å². The van der Waals surface area contributed by atoms with Gasteiger partial charge >= 0.3 is 0 Å².